The van der Waals surface area contributed by atoms with Gasteiger partial charge < -0.3 is 14.6 Å². The summed E-state index contributed by atoms with van der Waals surface area (Å²) in [6, 6.07) is 0. The Balaban J connectivity index is 3.49. The predicted octanol–water partition coefficient (Wildman–Crippen LogP) is 13.7. The van der Waals surface area contributed by atoms with E-state index in [2.05, 4.69) is 74.6 Å². The molecule has 0 saturated heterocycles. The van der Waals surface area contributed by atoms with Gasteiger partial charge in [0, 0.05) is 13.0 Å². The number of unbranched alkanes of at least 4 members (excludes halogenated alkanes) is 20. The summed E-state index contributed by atoms with van der Waals surface area (Å²) in [6.45, 7) is 5.19. The van der Waals surface area contributed by atoms with Gasteiger partial charge in [-0.2, -0.15) is 0 Å². The molecule has 4 heteroatoms. The van der Waals surface area contributed by atoms with Crippen molar-refractivity contribution in [1.82, 2.24) is 0 Å². The van der Waals surface area contributed by atoms with Crippen LogP contribution in [-0.4, -0.2) is 37.0 Å². The van der Waals surface area contributed by atoms with Crippen LogP contribution in [-0.2, 0) is 14.3 Å². The highest BCUT2D eigenvalue weighted by molar-refractivity contribution is 5.69. The number of esters is 1. The van der Waals surface area contributed by atoms with Gasteiger partial charge >= 0.3 is 5.97 Å². The summed E-state index contributed by atoms with van der Waals surface area (Å²) >= 11 is 0. The standard InChI is InChI=1S/C45H80O4/c1-3-5-7-9-11-13-15-17-19-21-22-23-25-27-29-31-33-35-37-39-41-48-43-44(42-46)49-45(47)40-38-36-34-32-30-28-26-24-20-18-16-14-12-10-8-6-4-2/h5,7,11,13,17,19,22-23,27,29,44,46H,3-4,6,8-10,12,14-16,18,20-21,24-26,28,30-43H2,1-2H3/b7-5-,13-11-,19-17-,23-22-,29-27-. The lowest BCUT2D eigenvalue weighted by atomic mass is 10.0. The van der Waals surface area contributed by atoms with Gasteiger partial charge in [-0.3, -0.25) is 4.79 Å². The summed E-state index contributed by atoms with van der Waals surface area (Å²) in [7, 11) is 0. The molecule has 0 rings (SSSR count). The van der Waals surface area contributed by atoms with E-state index >= 15 is 0 Å². The van der Waals surface area contributed by atoms with Crippen LogP contribution >= 0.6 is 0 Å². The molecule has 49 heavy (non-hydrogen) atoms. The molecule has 284 valence electrons. The van der Waals surface area contributed by atoms with Crippen LogP contribution in [0.3, 0.4) is 0 Å². The van der Waals surface area contributed by atoms with Gasteiger partial charge in [-0.15, -0.1) is 0 Å². The third-order valence-corrected chi connectivity index (χ3v) is 8.86. The number of hydrogen-bond acceptors (Lipinski definition) is 4. The van der Waals surface area contributed by atoms with Gasteiger partial charge in [-0.1, -0.05) is 190 Å². The fraction of sp³-hybridized carbons (Fsp3) is 0.756. The highest BCUT2D eigenvalue weighted by Crippen LogP contribution is 2.15. The molecule has 0 aromatic rings. The minimum atomic E-state index is -0.548. The molecular formula is C45H80O4. The Morgan fingerprint density at radius 3 is 1.39 bits per heavy atom. The smallest absolute Gasteiger partial charge is 0.306 e. The molecule has 1 unspecified atom stereocenters. The molecule has 1 N–H and O–H groups in total. The molecule has 0 saturated carbocycles. The summed E-state index contributed by atoms with van der Waals surface area (Å²) in [5.41, 5.74) is 0. The maximum Gasteiger partial charge on any atom is 0.306 e. The molecular weight excluding hydrogens is 604 g/mol. The number of aliphatic hydroxyl groups is 1. The van der Waals surface area contributed by atoms with E-state index in [9.17, 15) is 9.90 Å². The zero-order chi connectivity index (χ0) is 35.6. The fourth-order valence-corrected chi connectivity index (χ4v) is 5.77. The monoisotopic (exact) mass is 685 g/mol. The quantitative estimate of drug-likeness (QED) is 0.0399. The molecule has 0 aromatic heterocycles. The van der Waals surface area contributed by atoms with E-state index in [4.69, 9.17) is 9.47 Å². The first kappa shape index (κ1) is 47.1. The number of ether oxygens (including phenoxy) is 2. The second kappa shape index (κ2) is 42.3. The number of carbonyl (C=O) groups is 1. The van der Waals surface area contributed by atoms with Gasteiger partial charge in [-0.05, 0) is 57.8 Å². The van der Waals surface area contributed by atoms with Crippen LogP contribution < -0.4 is 0 Å². The van der Waals surface area contributed by atoms with Crippen molar-refractivity contribution in [2.24, 2.45) is 0 Å². The maximum atomic E-state index is 12.2. The van der Waals surface area contributed by atoms with Crippen LogP contribution in [0.1, 0.15) is 194 Å². The van der Waals surface area contributed by atoms with E-state index in [-0.39, 0.29) is 19.2 Å². The summed E-state index contributed by atoms with van der Waals surface area (Å²) < 4.78 is 11.1. The number of hydrogen-bond donors (Lipinski definition) is 1. The van der Waals surface area contributed by atoms with Crippen molar-refractivity contribution in [3.8, 4) is 0 Å². The summed E-state index contributed by atoms with van der Waals surface area (Å²) in [5, 5.41) is 9.59. The van der Waals surface area contributed by atoms with Crippen molar-refractivity contribution in [1.29, 1.82) is 0 Å². The van der Waals surface area contributed by atoms with Crippen molar-refractivity contribution in [3.05, 3.63) is 60.8 Å². The van der Waals surface area contributed by atoms with E-state index in [0.29, 0.717) is 13.0 Å². The van der Waals surface area contributed by atoms with Gasteiger partial charge in [0.05, 0.1) is 13.2 Å². The number of carbonyl (C=O) groups excluding carboxylic acids is 1. The predicted molar refractivity (Wildman–Crippen MR) is 214 cm³/mol. The average molecular weight is 685 g/mol. The van der Waals surface area contributed by atoms with Crippen LogP contribution in [0.4, 0.5) is 0 Å². The lowest BCUT2D eigenvalue weighted by molar-refractivity contribution is -0.154. The van der Waals surface area contributed by atoms with E-state index in [1.54, 1.807) is 0 Å². The van der Waals surface area contributed by atoms with Crippen molar-refractivity contribution < 1.29 is 19.4 Å². The van der Waals surface area contributed by atoms with E-state index in [0.717, 1.165) is 64.2 Å². The zero-order valence-corrected chi connectivity index (χ0v) is 32.4. The molecule has 4 nitrogen and oxygen atoms in total. The Bertz CT molecular complexity index is 809. The number of allylic oxidation sites excluding steroid dienone is 10. The summed E-state index contributed by atoms with van der Waals surface area (Å²) in [5.74, 6) is -0.210. The SMILES string of the molecule is CC/C=C\C/C=C\C/C=C\C/C=C\C/C=C\CCCCCCOCC(CO)OC(=O)CCCCCCCCCCCCCCCCCCC. The second-order valence-corrected chi connectivity index (χ2v) is 13.7. The minimum Gasteiger partial charge on any atom is -0.457 e. The number of rotatable bonds is 38. The Morgan fingerprint density at radius 1 is 0.510 bits per heavy atom. The van der Waals surface area contributed by atoms with Gasteiger partial charge in [0.2, 0.25) is 0 Å². The first-order valence-corrected chi connectivity index (χ1v) is 20.9. The van der Waals surface area contributed by atoms with Crippen LogP contribution in [0.2, 0.25) is 0 Å². The maximum absolute atomic E-state index is 12.2. The zero-order valence-electron chi connectivity index (χ0n) is 32.4. The Kier molecular flexibility index (Phi) is 40.6. The van der Waals surface area contributed by atoms with Gasteiger partial charge in [0.1, 0.15) is 6.10 Å². The van der Waals surface area contributed by atoms with Crippen LogP contribution in [0.15, 0.2) is 60.8 Å². The van der Waals surface area contributed by atoms with Crippen molar-refractivity contribution in [2.75, 3.05) is 19.8 Å². The Labute approximate surface area is 305 Å². The third-order valence-electron chi connectivity index (χ3n) is 8.86. The second-order valence-electron chi connectivity index (χ2n) is 13.7. The Hall–Kier alpha value is -1.91. The normalized spacial score (nSPS) is 13.0. The molecule has 0 amide bonds. The van der Waals surface area contributed by atoms with Gasteiger partial charge in [-0.25, -0.2) is 0 Å². The molecule has 0 aromatic carbocycles. The van der Waals surface area contributed by atoms with Gasteiger partial charge in [0.25, 0.3) is 0 Å². The largest absolute Gasteiger partial charge is 0.457 e. The van der Waals surface area contributed by atoms with Crippen LogP contribution in [0.5, 0.6) is 0 Å². The fourth-order valence-electron chi connectivity index (χ4n) is 5.77. The lowest BCUT2D eigenvalue weighted by Crippen LogP contribution is -2.27. The third kappa shape index (κ3) is 40.4. The Morgan fingerprint density at radius 2 is 0.918 bits per heavy atom. The van der Waals surface area contributed by atoms with Crippen LogP contribution in [0.25, 0.3) is 0 Å². The van der Waals surface area contributed by atoms with Crippen molar-refractivity contribution >= 4 is 5.97 Å². The lowest BCUT2D eigenvalue weighted by Gasteiger charge is -2.15. The topological polar surface area (TPSA) is 55.8 Å². The van der Waals surface area contributed by atoms with Crippen molar-refractivity contribution in [3.63, 3.8) is 0 Å². The number of aliphatic hydroxyl groups excluding tert-OH is 1. The molecule has 0 bridgehead atoms. The highest BCUT2D eigenvalue weighted by Gasteiger charge is 2.13. The average Bonchev–Trinajstić information content (AvgIpc) is 3.11. The summed E-state index contributed by atoms with van der Waals surface area (Å²) in [4.78, 5) is 12.2. The molecule has 0 aliphatic rings. The molecule has 0 heterocycles. The van der Waals surface area contributed by atoms with E-state index in [1.165, 1.54) is 109 Å². The summed E-state index contributed by atoms with van der Waals surface area (Å²) in [6.07, 6.45) is 55.6. The molecule has 0 spiro atoms. The molecule has 0 fully saturated rings. The first-order valence-electron chi connectivity index (χ1n) is 20.9. The first-order chi connectivity index (χ1) is 24.2. The molecule has 1 atom stereocenters. The van der Waals surface area contributed by atoms with E-state index in [1.807, 2.05) is 0 Å². The minimum absolute atomic E-state index is 0.183. The molecule has 0 radical (unpaired) electrons. The van der Waals surface area contributed by atoms with Crippen LogP contribution in [0, 0.1) is 0 Å². The molecule has 0 aliphatic carbocycles. The van der Waals surface area contributed by atoms with Crippen molar-refractivity contribution in [2.45, 2.75) is 200 Å². The highest BCUT2D eigenvalue weighted by atomic mass is 16.6. The van der Waals surface area contributed by atoms with E-state index < -0.39 is 6.10 Å². The van der Waals surface area contributed by atoms with Gasteiger partial charge in [0.15, 0.2) is 0 Å². The molecule has 0 aliphatic heterocycles.